The maximum absolute atomic E-state index is 12.9. The monoisotopic (exact) mass is 1080 g/mol. The molecule has 0 aliphatic carbocycles. The Bertz CT molecular complexity index is 1530. The Morgan fingerprint density at radius 1 is 0.269 bits per heavy atom. The molecule has 0 aromatic rings. The van der Waals surface area contributed by atoms with E-state index in [0.717, 1.165) is 103 Å². The summed E-state index contributed by atoms with van der Waals surface area (Å²) >= 11 is 0. The van der Waals surface area contributed by atoms with Crippen molar-refractivity contribution < 1.29 is 28.6 Å². The van der Waals surface area contributed by atoms with E-state index in [-0.39, 0.29) is 37.5 Å². The molecule has 0 amide bonds. The first-order chi connectivity index (χ1) is 38.5. The van der Waals surface area contributed by atoms with Crippen LogP contribution in [-0.4, -0.2) is 37.2 Å². The molecule has 1 unspecified atom stereocenters. The third-order valence-corrected chi connectivity index (χ3v) is 14.3. The second-order valence-corrected chi connectivity index (χ2v) is 22.0. The highest BCUT2D eigenvalue weighted by molar-refractivity contribution is 5.71. The van der Waals surface area contributed by atoms with Gasteiger partial charge in [0.2, 0.25) is 0 Å². The summed E-state index contributed by atoms with van der Waals surface area (Å²) in [5.74, 6) is -0.966. The summed E-state index contributed by atoms with van der Waals surface area (Å²) < 4.78 is 16.9. The topological polar surface area (TPSA) is 78.9 Å². The van der Waals surface area contributed by atoms with Gasteiger partial charge in [-0.15, -0.1) is 0 Å². The van der Waals surface area contributed by atoms with Crippen LogP contribution >= 0.6 is 0 Å². The summed E-state index contributed by atoms with van der Waals surface area (Å²) in [5, 5.41) is 0. The van der Waals surface area contributed by atoms with Crippen LogP contribution in [0.15, 0.2) is 97.2 Å². The number of esters is 3. The molecule has 78 heavy (non-hydrogen) atoms. The molecule has 6 nitrogen and oxygen atoms in total. The largest absolute Gasteiger partial charge is 0.462 e. The van der Waals surface area contributed by atoms with Crippen molar-refractivity contribution in [3.63, 3.8) is 0 Å². The van der Waals surface area contributed by atoms with E-state index >= 15 is 0 Å². The highest BCUT2D eigenvalue weighted by Gasteiger charge is 2.19. The lowest BCUT2D eigenvalue weighted by atomic mass is 10.0. The van der Waals surface area contributed by atoms with E-state index in [1.54, 1.807) is 0 Å². The fraction of sp³-hybridized carbons (Fsp3) is 0.736. The van der Waals surface area contributed by atoms with Crippen LogP contribution in [0.1, 0.15) is 323 Å². The van der Waals surface area contributed by atoms with E-state index in [1.165, 1.54) is 173 Å². The summed E-state index contributed by atoms with van der Waals surface area (Å²) in [6.07, 6.45) is 88.6. The van der Waals surface area contributed by atoms with Gasteiger partial charge in [0.15, 0.2) is 6.10 Å². The Kier molecular flexibility index (Phi) is 62.7. The van der Waals surface area contributed by atoms with Crippen LogP contribution < -0.4 is 0 Å². The lowest BCUT2D eigenvalue weighted by Gasteiger charge is -2.18. The molecule has 0 aliphatic rings. The van der Waals surface area contributed by atoms with Crippen molar-refractivity contribution in [2.75, 3.05) is 13.2 Å². The molecule has 0 bridgehead atoms. The Balaban J connectivity index is 4.35. The average Bonchev–Trinajstić information content (AvgIpc) is 3.44. The van der Waals surface area contributed by atoms with Crippen molar-refractivity contribution >= 4 is 17.9 Å². The molecule has 0 fully saturated rings. The average molecular weight is 1090 g/mol. The SMILES string of the molecule is CC/C=C\C/C=C\C/C=C\C/C=C\C/C=C\CCCC(=O)OC(COC(=O)CCCCCCC/C=C\C/C=C\CCCCCC)COC(=O)CCCCCCCCCCCCCCCCC/C=C\CCCCCCCCCC. The highest BCUT2D eigenvalue weighted by atomic mass is 16.6. The number of carbonyl (C=O) groups is 3. The molecule has 0 saturated carbocycles. The highest BCUT2D eigenvalue weighted by Crippen LogP contribution is 2.16. The molecule has 6 heteroatoms. The lowest BCUT2D eigenvalue weighted by Crippen LogP contribution is -2.30. The predicted octanol–water partition coefficient (Wildman–Crippen LogP) is 22.8. The second kappa shape index (κ2) is 65.8. The molecule has 0 aromatic carbocycles. The summed E-state index contributed by atoms with van der Waals surface area (Å²) in [4.78, 5) is 38.3. The standard InChI is InChI=1S/C72H124O6/c1-4-7-10-13-16-19-22-25-28-31-32-33-34-35-36-37-38-39-40-42-44-47-50-53-56-59-62-65-71(74)77-68-69(67-76-70(73)64-61-58-55-52-49-46-43-30-27-24-21-18-15-12-9-6-3)78-72(75)66-63-60-57-54-51-48-45-41-29-26-23-20-17-14-11-8-5-2/h8,11,17,20-21,24,26,29-32,43,45,48,54,57,69H,4-7,9-10,12-16,18-19,22-23,25,27-28,33-42,44,46-47,49-53,55-56,58-68H2,1-3H3/b11-8-,20-17-,24-21-,29-26-,32-31-,43-30-,48-45-,57-54-. The molecule has 0 N–H and O–H groups in total. The van der Waals surface area contributed by atoms with Crippen molar-refractivity contribution in [3.8, 4) is 0 Å². The third-order valence-electron chi connectivity index (χ3n) is 14.3. The van der Waals surface area contributed by atoms with Gasteiger partial charge >= 0.3 is 17.9 Å². The van der Waals surface area contributed by atoms with Crippen molar-refractivity contribution in [3.05, 3.63) is 97.2 Å². The summed E-state index contributed by atoms with van der Waals surface area (Å²) in [6.45, 7) is 6.48. The molecule has 0 aliphatic heterocycles. The van der Waals surface area contributed by atoms with Gasteiger partial charge in [-0.3, -0.25) is 14.4 Å². The van der Waals surface area contributed by atoms with Gasteiger partial charge < -0.3 is 14.2 Å². The van der Waals surface area contributed by atoms with Gasteiger partial charge in [-0.1, -0.05) is 285 Å². The van der Waals surface area contributed by atoms with Gasteiger partial charge in [-0.05, 0) is 116 Å². The molecule has 0 heterocycles. The number of rotatable bonds is 60. The quantitative estimate of drug-likeness (QED) is 0.0261. The smallest absolute Gasteiger partial charge is 0.306 e. The minimum atomic E-state index is -0.815. The number of hydrogen-bond donors (Lipinski definition) is 0. The van der Waals surface area contributed by atoms with Crippen LogP contribution in [0.25, 0.3) is 0 Å². The predicted molar refractivity (Wildman–Crippen MR) is 339 cm³/mol. The molecule has 0 rings (SSSR count). The Morgan fingerprint density at radius 2 is 0.513 bits per heavy atom. The Hall–Kier alpha value is -3.67. The van der Waals surface area contributed by atoms with E-state index in [9.17, 15) is 14.4 Å². The van der Waals surface area contributed by atoms with Crippen molar-refractivity contribution in [1.29, 1.82) is 0 Å². The fourth-order valence-corrected chi connectivity index (χ4v) is 9.33. The molecule has 0 spiro atoms. The normalized spacial score (nSPS) is 12.7. The number of ether oxygens (including phenoxy) is 3. The van der Waals surface area contributed by atoms with E-state index in [1.807, 2.05) is 0 Å². The maximum atomic E-state index is 12.9. The van der Waals surface area contributed by atoms with E-state index in [0.29, 0.717) is 19.3 Å². The number of unbranched alkanes of at least 4 members (excludes halogenated alkanes) is 33. The number of carbonyl (C=O) groups excluding carboxylic acids is 3. The maximum Gasteiger partial charge on any atom is 0.306 e. The Labute approximate surface area is 483 Å². The van der Waals surface area contributed by atoms with Gasteiger partial charge in [0, 0.05) is 19.3 Å². The zero-order valence-corrected chi connectivity index (χ0v) is 51.4. The van der Waals surface area contributed by atoms with Crippen molar-refractivity contribution in [1.82, 2.24) is 0 Å². The minimum absolute atomic E-state index is 0.103. The molecule has 0 radical (unpaired) electrons. The van der Waals surface area contributed by atoms with Crippen LogP contribution in [-0.2, 0) is 28.6 Å². The molecular weight excluding hydrogens is 961 g/mol. The van der Waals surface area contributed by atoms with Crippen molar-refractivity contribution in [2.45, 2.75) is 329 Å². The van der Waals surface area contributed by atoms with Gasteiger partial charge in [0.05, 0.1) is 0 Å². The molecule has 1 atom stereocenters. The first-order valence-corrected chi connectivity index (χ1v) is 33.2. The fourth-order valence-electron chi connectivity index (χ4n) is 9.33. The molecular formula is C72H124O6. The zero-order chi connectivity index (χ0) is 56.4. The first-order valence-electron chi connectivity index (χ1n) is 33.2. The van der Waals surface area contributed by atoms with Crippen LogP contribution in [0.4, 0.5) is 0 Å². The minimum Gasteiger partial charge on any atom is -0.462 e. The summed E-state index contributed by atoms with van der Waals surface area (Å²) in [5.41, 5.74) is 0. The number of hydrogen-bond acceptors (Lipinski definition) is 6. The van der Waals surface area contributed by atoms with Crippen LogP contribution in [0.3, 0.4) is 0 Å². The van der Waals surface area contributed by atoms with E-state index in [4.69, 9.17) is 14.2 Å². The zero-order valence-electron chi connectivity index (χ0n) is 51.4. The molecule has 0 aromatic heterocycles. The summed E-state index contributed by atoms with van der Waals surface area (Å²) in [7, 11) is 0. The van der Waals surface area contributed by atoms with Gasteiger partial charge in [-0.25, -0.2) is 0 Å². The van der Waals surface area contributed by atoms with Crippen molar-refractivity contribution in [2.24, 2.45) is 0 Å². The molecule has 0 saturated heterocycles. The first kappa shape index (κ1) is 74.3. The van der Waals surface area contributed by atoms with E-state index < -0.39 is 6.10 Å². The van der Waals surface area contributed by atoms with Crippen LogP contribution in [0.5, 0.6) is 0 Å². The molecule has 448 valence electrons. The van der Waals surface area contributed by atoms with Crippen LogP contribution in [0, 0.1) is 0 Å². The summed E-state index contributed by atoms with van der Waals surface area (Å²) in [6, 6.07) is 0. The lowest BCUT2D eigenvalue weighted by molar-refractivity contribution is -0.167. The van der Waals surface area contributed by atoms with Gasteiger partial charge in [0.1, 0.15) is 13.2 Å². The third kappa shape index (κ3) is 63.2. The number of allylic oxidation sites excluding steroid dienone is 16. The van der Waals surface area contributed by atoms with E-state index in [2.05, 4.69) is 118 Å². The van der Waals surface area contributed by atoms with Gasteiger partial charge in [-0.2, -0.15) is 0 Å². The van der Waals surface area contributed by atoms with Crippen LogP contribution in [0.2, 0.25) is 0 Å². The second-order valence-electron chi connectivity index (χ2n) is 22.0. The van der Waals surface area contributed by atoms with Gasteiger partial charge in [0.25, 0.3) is 0 Å². The Morgan fingerprint density at radius 3 is 0.846 bits per heavy atom.